The molecular weight excluding hydrogens is 208 g/mol. The van der Waals surface area contributed by atoms with Gasteiger partial charge in [-0.3, -0.25) is 0 Å². The van der Waals surface area contributed by atoms with E-state index in [1.165, 1.54) is 5.56 Å². The molecule has 0 saturated heterocycles. The third-order valence-corrected chi connectivity index (χ3v) is 2.55. The van der Waals surface area contributed by atoms with Crippen LogP contribution in [0.1, 0.15) is 18.3 Å². The molecule has 86 valence electrons. The summed E-state index contributed by atoms with van der Waals surface area (Å²) >= 11 is 0. The van der Waals surface area contributed by atoms with Crippen molar-refractivity contribution >= 4 is 11.6 Å². The molecule has 2 heteroatoms. The van der Waals surface area contributed by atoms with E-state index in [-0.39, 0.29) is 0 Å². The maximum absolute atomic E-state index is 4.37. The molecule has 0 amide bonds. The molecule has 0 spiro atoms. The van der Waals surface area contributed by atoms with Gasteiger partial charge in [0.25, 0.3) is 0 Å². The van der Waals surface area contributed by atoms with E-state index >= 15 is 0 Å². The van der Waals surface area contributed by atoms with Crippen molar-refractivity contribution in [1.82, 2.24) is 9.55 Å². The topological polar surface area (TPSA) is 17.8 Å². The summed E-state index contributed by atoms with van der Waals surface area (Å²) in [6.45, 7) is 2.02. The third-order valence-electron chi connectivity index (χ3n) is 2.55. The van der Waals surface area contributed by atoms with Crippen molar-refractivity contribution in [1.29, 1.82) is 0 Å². The predicted octanol–water partition coefficient (Wildman–Crippen LogP) is 3.54. The molecule has 2 rings (SSSR count). The minimum absolute atomic E-state index is 0.979. The molecule has 0 atom stereocenters. The summed E-state index contributed by atoms with van der Waals surface area (Å²) in [6.07, 6.45) is 10.0. The molecule has 17 heavy (non-hydrogen) atoms. The second-order valence-electron chi connectivity index (χ2n) is 3.87. The lowest BCUT2D eigenvalue weighted by Gasteiger charge is -2.03. The quantitative estimate of drug-likeness (QED) is 0.729. The molecule has 2 aromatic rings. The van der Waals surface area contributed by atoms with E-state index in [2.05, 4.69) is 29.3 Å². The average molecular weight is 224 g/mol. The Hall–Kier alpha value is -2.09. The van der Waals surface area contributed by atoms with Gasteiger partial charge in [-0.2, -0.15) is 0 Å². The fraction of sp³-hybridized carbons (Fsp3) is 0.133. The summed E-state index contributed by atoms with van der Waals surface area (Å²) < 4.78 is 2.02. The number of hydrogen-bond acceptors (Lipinski definition) is 1. The molecule has 0 aliphatic carbocycles. The van der Waals surface area contributed by atoms with Crippen LogP contribution < -0.4 is 0 Å². The van der Waals surface area contributed by atoms with Crippen LogP contribution in [0.5, 0.6) is 0 Å². The molecule has 1 aromatic heterocycles. The van der Waals surface area contributed by atoms with Gasteiger partial charge in [0, 0.05) is 25.0 Å². The monoisotopic (exact) mass is 224 g/mol. The standard InChI is InChI=1S/C15H16N2/c1-3-7-14(15-16-10-11-17(15)2)12-13-8-5-4-6-9-13/h3-12H,1-2H3/b7-3+,14-12+. The first-order valence-electron chi connectivity index (χ1n) is 5.68. The molecule has 1 aromatic carbocycles. The predicted molar refractivity (Wildman–Crippen MR) is 72.3 cm³/mol. The second kappa shape index (κ2) is 5.30. The van der Waals surface area contributed by atoms with E-state index in [0.29, 0.717) is 0 Å². The number of rotatable bonds is 3. The average Bonchev–Trinajstić information content (AvgIpc) is 2.76. The van der Waals surface area contributed by atoms with Gasteiger partial charge in [-0.25, -0.2) is 4.98 Å². The molecule has 0 saturated carbocycles. The van der Waals surface area contributed by atoms with Crippen LogP contribution in [0.4, 0.5) is 0 Å². The highest BCUT2D eigenvalue weighted by atomic mass is 15.0. The van der Waals surface area contributed by atoms with Crippen LogP contribution >= 0.6 is 0 Å². The highest BCUT2D eigenvalue weighted by molar-refractivity contribution is 5.84. The van der Waals surface area contributed by atoms with Gasteiger partial charge < -0.3 is 4.57 Å². The zero-order valence-electron chi connectivity index (χ0n) is 10.2. The fourth-order valence-electron chi connectivity index (χ4n) is 1.74. The molecule has 0 radical (unpaired) electrons. The molecule has 0 unspecified atom stereocenters. The van der Waals surface area contributed by atoms with E-state index in [1.54, 1.807) is 0 Å². The number of aryl methyl sites for hydroxylation is 1. The van der Waals surface area contributed by atoms with Gasteiger partial charge >= 0.3 is 0 Å². The first-order valence-corrected chi connectivity index (χ1v) is 5.68. The Morgan fingerprint density at radius 1 is 1.24 bits per heavy atom. The molecule has 0 N–H and O–H groups in total. The largest absolute Gasteiger partial charge is 0.334 e. The van der Waals surface area contributed by atoms with Crippen molar-refractivity contribution in [3.05, 3.63) is 66.3 Å². The van der Waals surface area contributed by atoms with Crippen molar-refractivity contribution in [2.45, 2.75) is 6.92 Å². The van der Waals surface area contributed by atoms with Gasteiger partial charge in [0.15, 0.2) is 0 Å². The minimum atomic E-state index is 0.979. The Morgan fingerprint density at radius 3 is 2.59 bits per heavy atom. The minimum Gasteiger partial charge on any atom is -0.334 e. The van der Waals surface area contributed by atoms with Crippen molar-refractivity contribution in [2.75, 3.05) is 0 Å². The fourth-order valence-corrected chi connectivity index (χ4v) is 1.74. The first-order chi connectivity index (χ1) is 8.31. The zero-order chi connectivity index (χ0) is 12.1. The lowest BCUT2D eigenvalue weighted by atomic mass is 10.1. The lowest BCUT2D eigenvalue weighted by Crippen LogP contribution is -1.94. The molecule has 0 aliphatic heterocycles. The van der Waals surface area contributed by atoms with Crippen molar-refractivity contribution in [3.8, 4) is 0 Å². The van der Waals surface area contributed by atoms with Crippen LogP contribution in [0.15, 0.2) is 54.9 Å². The summed E-state index contributed by atoms with van der Waals surface area (Å²) in [4.78, 5) is 4.37. The molecular formula is C15H16N2. The van der Waals surface area contributed by atoms with E-state index in [9.17, 15) is 0 Å². The van der Waals surface area contributed by atoms with Gasteiger partial charge in [-0.1, -0.05) is 42.5 Å². The van der Waals surface area contributed by atoms with Crippen molar-refractivity contribution in [3.63, 3.8) is 0 Å². The number of aromatic nitrogens is 2. The van der Waals surface area contributed by atoms with Gasteiger partial charge in [0.1, 0.15) is 5.82 Å². The molecule has 0 aliphatic rings. The number of allylic oxidation sites excluding steroid dienone is 3. The normalized spacial score (nSPS) is 12.2. The van der Waals surface area contributed by atoms with E-state index < -0.39 is 0 Å². The number of nitrogens with zero attached hydrogens (tertiary/aromatic N) is 2. The van der Waals surface area contributed by atoms with E-state index in [1.807, 2.05) is 55.2 Å². The van der Waals surface area contributed by atoms with Crippen LogP contribution in [-0.4, -0.2) is 9.55 Å². The summed E-state index contributed by atoms with van der Waals surface area (Å²) in [7, 11) is 2.00. The number of imidazole rings is 1. The van der Waals surface area contributed by atoms with Gasteiger partial charge in [0.2, 0.25) is 0 Å². The lowest BCUT2D eigenvalue weighted by molar-refractivity contribution is 0.893. The van der Waals surface area contributed by atoms with Crippen LogP contribution in [-0.2, 0) is 7.05 Å². The van der Waals surface area contributed by atoms with Crippen molar-refractivity contribution in [2.24, 2.45) is 7.05 Å². The number of hydrogen-bond donors (Lipinski definition) is 0. The second-order valence-corrected chi connectivity index (χ2v) is 3.87. The van der Waals surface area contributed by atoms with Crippen LogP contribution in [0, 0.1) is 0 Å². The Kier molecular flexibility index (Phi) is 3.55. The van der Waals surface area contributed by atoms with Gasteiger partial charge in [0.05, 0.1) is 0 Å². The van der Waals surface area contributed by atoms with Crippen LogP contribution in [0.2, 0.25) is 0 Å². The van der Waals surface area contributed by atoms with E-state index in [4.69, 9.17) is 0 Å². The Balaban J connectivity index is 2.43. The summed E-state index contributed by atoms with van der Waals surface area (Å²) in [5.74, 6) is 0.979. The molecule has 2 nitrogen and oxygen atoms in total. The Bertz CT molecular complexity index is 533. The van der Waals surface area contributed by atoms with Crippen LogP contribution in [0.3, 0.4) is 0 Å². The summed E-state index contributed by atoms with van der Waals surface area (Å²) in [5.41, 5.74) is 2.30. The molecule has 1 heterocycles. The van der Waals surface area contributed by atoms with Crippen LogP contribution in [0.25, 0.3) is 11.6 Å². The Morgan fingerprint density at radius 2 is 2.00 bits per heavy atom. The van der Waals surface area contributed by atoms with E-state index in [0.717, 1.165) is 11.4 Å². The summed E-state index contributed by atoms with van der Waals surface area (Å²) in [6, 6.07) is 10.3. The third kappa shape index (κ3) is 2.72. The number of benzene rings is 1. The van der Waals surface area contributed by atoms with Gasteiger partial charge in [-0.05, 0) is 18.6 Å². The maximum Gasteiger partial charge on any atom is 0.139 e. The van der Waals surface area contributed by atoms with Crippen molar-refractivity contribution < 1.29 is 0 Å². The molecule has 0 bridgehead atoms. The summed E-state index contributed by atoms with van der Waals surface area (Å²) in [5, 5.41) is 0. The highest BCUT2D eigenvalue weighted by Crippen LogP contribution is 2.17. The van der Waals surface area contributed by atoms with Gasteiger partial charge in [-0.15, -0.1) is 0 Å². The zero-order valence-corrected chi connectivity index (χ0v) is 10.2. The Labute approximate surface area is 102 Å². The first kappa shape index (κ1) is 11.4. The smallest absolute Gasteiger partial charge is 0.139 e. The highest BCUT2D eigenvalue weighted by Gasteiger charge is 2.03. The molecule has 0 fully saturated rings. The SMILES string of the molecule is C/C=C/C(=C\c1ccccc1)c1nccn1C. The maximum atomic E-state index is 4.37.